The van der Waals surface area contributed by atoms with E-state index in [4.69, 9.17) is 40.5 Å². The van der Waals surface area contributed by atoms with Gasteiger partial charge in [-0.25, -0.2) is 4.99 Å². The molecular formula is C13H15BrCl3N3O. The molecule has 0 fully saturated rings. The van der Waals surface area contributed by atoms with Crippen LogP contribution in [-0.4, -0.2) is 21.7 Å². The highest BCUT2D eigenvalue weighted by Gasteiger charge is 2.34. The van der Waals surface area contributed by atoms with E-state index >= 15 is 0 Å². The SMILES string of the molecule is CC(C)C(N)=N[C@@H](NC(=O)c1ccc(Br)cc1)C(Cl)(Cl)Cl. The molecule has 3 N–H and O–H groups in total. The van der Waals surface area contributed by atoms with Gasteiger partial charge in [-0.2, -0.15) is 0 Å². The molecule has 1 aromatic rings. The van der Waals surface area contributed by atoms with Gasteiger partial charge < -0.3 is 11.1 Å². The Hall–Kier alpha value is -0.490. The summed E-state index contributed by atoms with van der Waals surface area (Å²) >= 11 is 20.8. The first kappa shape index (κ1) is 18.6. The minimum absolute atomic E-state index is 0.0237. The maximum Gasteiger partial charge on any atom is 0.253 e. The lowest BCUT2D eigenvalue weighted by atomic mass is 10.2. The molecule has 0 bridgehead atoms. The van der Waals surface area contributed by atoms with E-state index in [0.717, 1.165) is 4.47 Å². The summed E-state index contributed by atoms with van der Waals surface area (Å²) in [5.74, 6) is -0.133. The van der Waals surface area contributed by atoms with Crippen LogP contribution < -0.4 is 11.1 Å². The second kappa shape index (κ2) is 7.68. The van der Waals surface area contributed by atoms with Crippen molar-refractivity contribution in [2.75, 3.05) is 0 Å². The molecule has 0 saturated carbocycles. The van der Waals surface area contributed by atoms with E-state index in [1.807, 2.05) is 13.8 Å². The number of nitrogens with one attached hydrogen (secondary N) is 1. The van der Waals surface area contributed by atoms with Gasteiger partial charge in [-0.15, -0.1) is 0 Å². The summed E-state index contributed by atoms with van der Waals surface area (Å²) in [6, 6.07) is 6.77. The highest BCUT2D eigenvalue weighted by molar-refractivity contribution is 9.10. The summed E-state index contributed by atoms with van der Waals surface area (Å²) in [5, 5.41) is 2.56. The fourth-order valence-corrected chi connectivity index (χ4v) is 1.87. The number of halogens is 4. The minimum atomic E-state index is -1.80. The largest absolute Gasteiger partial charge is 0.387 e. The fourth-order valence-electron chi connectivity index (χ4n) is 1.29. The molecule has 21 heavy (non-hydrogen) atoms. The molecule has 8 heteroatoms. The van der Waals surface area contributed by atoms with Gasteiger partial charge in [0.2, 0.25) is 3.79 Å². The highest BCUT2D eigenvalue weighted by atomic mass is 79.9. The Bertz CT molecular complexity index is 526. The van der Waals surface area contributed by atoms with Crippen LogP contribution in [0.1, 0.15) is 24.2 Å². The molecule has 0 aromatic heterocycles. The molecule has 1 atom stereocenters. The molecule has 116 valence electrons. The Balaban J connectivity index is 2.94. The summed E-state index contributed by atoms with van der Waals surface area (Å²) in [6.07, 6.45) is -1.07. The normalized spacial score (nSPS) is 14.1. The number of benzene rings is 1. The van der Waals surface area contributed by atoms with Crippen molar-refractivity contribution in [1.29, 1.82) is 0 Å². The van der Waals surface area contributed by atoms with Crippen LogP contribution in [0, 0.1) is 5.92 Å². The Morgan fingerprint density at radius 1 is 1.29 bits per heavy atom. The zero-order chi connectivity index (χ0) is 16.2. The monoisotopic (exact) mass is 413 g/mol. The number of aliphatic imine (C=N–C) groups is 1. The minimum Gasteiger partial charge on any atom is -0.387 e. The molecule has 0 aliphatic rings. The summed E-state index contributed by atoms with van der Waals surface area (Å²) in [5.41, 5.74) is 6.19. The Labute approximate surface area is 147 Å². The number of hydrogen-bond acceptors (Lipinski definition) is 2. The number of amidine groups is 1. The second-order valence-electron chi connectivity index (χ2n) is 4.63. The fraction of sp³-hybridized carbons (Fsp3) is 0.385. The third-order valence-electron chi connectivity index (χ3n) is 2.55. The molecule has 1 aromatic carbocycles. The highest BCUT2D eigenvalue weighted by Crippen LogP contribution is 2.31. The quantitative estimate of drug-likeness (QED) is 0.445. The molecular weight excluding hydrogens is 400 g/mol. The van der Waals surface area contributed by atoms with Gasteiger partial charge >= 0.3 is 0 Å². The van der Waals surface area contributed by atoms with Crippen molar-refractivity contribution < 1.29 is 4.79 Å². The summed E-state index contributed by atoms with van der Waals surface area (Å²) < 4.78 is -0.941. The number of rotatable bonds is 4. The molecule has 1 amide bonds. The molecule has 4 nitrogen and oxygen atoms in total. The number of nitrogens with zero attached hydrogens (tertiary/aromatic N) is 1. The van der Waals surface area contributed by atoms with Crippen molar-refractivity contribution >= 4 is 62.5 Å². The zero-order valence-corrected chi connectivity index (χ0v) is 15.3. The van der Waals surface area contributed by atoms with Crippen molar-refractivity contribution in [2.24, 2.45) is 16.6 Å². The van der Waals surface area contributed by atoms with Crippen LogP contribution in [0.5, 0.6) is 0 Å². The Kier molecular flexibility index (Phi) is 6.78. The third-order valence-corrected chi connectivity index (χ3v) is 3.70. The lowest BCUT2D eigenvalue weighted by Crippen LogP contribution is -2.44. The van der Waals surface area contributed by atoms with E-state index in [1.54, 1.807) is 24.3 Å². The number of amides is 1. The average molecular weight is 416 g/mol. The van der Waals surface area contributed by atoms with Crippen LogP contribution in [0.3, 0.4) is 0 Å². The van der Waals surface area contributed by atoms with Crippen molar-refractivity contribution in [2.45, 2.75) is 23.8 Å². The van der Waals surface area contributed by atoms with Gasteiger partial charge in [0.25, 0.3) is 5.91 Å². The number of carbonyl (C=O) groups is 1. The Morgan fingerprint density at radius 2 is 1.81 bits per heavy atom. The van der Waals surface area contributed by atoms with Crippen LogP contribution in [0.2, 0.25) is 0 Å². The molecule has 0 unspecified atom stereocenters. The van der Waals surface area contributed by atoms with Gasteiger partial charge in [0.1, 0.15) is 0 Å². The predicted molar refractivity (Wildman–Crippen MR) is 92.1 cm³/mol. The summed E-state index contributed by atoms with van der Waals surface area (Å²) in [6.45, 7) is 3.70. The zero-order valence-electron chi connectivity index (χ0n) is 11.4. The van der Waals surface area contributed by atoms with Gasteiger partial charge in [0, 0.05) is 16.0 Å². The van der Waals surface area contributed by atoms with Gasteiger partial charge in [-0.3, -0.25) is 4.79 Å². The first-order valence-electron chi connectivity index (χ1n) is 6.07. The van der Waals surface area contributed by atoms with Crippen LogP contribution in [-0.2, 0) is 0 Å². The third kappa shape index (κ3) is 6.02. The van der Waals surface area contributed by atoms with E-state index in [9.17, 15) is 4.79 Å². The van der Waals surface area contributed by atoms with Crippen molar-refractivity contribution in [1.82, 2.24) is 5.32 Å². The van der Waals surface area contributed by atoms with Crippen molar-refractivity contribution in [3.63, 3.8) is 0 Å². The number of hydrogen-bond donors (Lipinski definition) is 2. The van der Waals surface area contributed by atoms with Gasteiger partial charge in [0.15, 0.2) is 6.17 Å². The lowest BCUT2D eigenvalue weighted by Gasteiger charge is -2.23. The molecule has 0 aliphatic heterocycles. The lowest BCUT2D eigenvalue weighted by molar-refractivity contribution is 0.0938. The van der Waals surface area contributed by atoms with Gasteiger partial charge in [-0.05, 0) is 24.3 Å². The topological polar surface area (TPSA) is 67.5 Å². The summed E-state index contributed by atoms with van der Waals surface area (Å²) in [4.78, 5) is 16.2. The molecule has 0 heterocycles. The number of alkyl halides is 3. The predicted octanol–water partition coefficient (Wildman–Crippen LogP) is 3.89. The maximum atomic E-state index is 12.2. The standard InChI is InChI=1S/C13H15BrCl3N3O/c1-7(2)10(18)19-12(13(15,16)17)20-11(21)8-3-5-9(14)6-4-8/h3-7,12H,1-2H3,(H2,18,19)(H,20,21)/t12-/m0/s1. The van der Waals surface area contributed by atoms with E-state index in [1.165, 1.54) is 0 Å². The van der Waals surface area contributed by atoms with Crippen LogP contribution in [0.4, 0.5) is 0 Å². The number of carbonyl (C=O) groups excluding carboxylic acids is 1. The van der Waals surface area contributed by atoms with E-state index < -0.39 is 15.9 Å². The summed E-state index contributed by atoms with van der Waals surface area (Å²) in [7, 11) is 0. The van der Waals surface area contributed by atoms with E-state index in [2.05, 4.69) is 26.2 Å². The smallest absolute Gasteiger partial charge is 0.253 e. The molecule has 0 saturated heterocycles. The molecule has 1 rings (SSSR count). The molecule has 0 spiro atoms. The van der Waals surface area contributed by atoms with Crippen LogP contribution in [0.25, 0.3) is 0 Å². The maximum absolute atomic E-state index is 12.2. The van der Waals surface area contributed by atoms with Crippen LogP contribution in [0.15, 0.2) is 33.7 Å². The van der Waals surface area contributed by atoms with E-state index in [0.29, 0.717) is 11.4 Å². The average Bonchev–Trinajstić information content (AvgIpc) is 2.37. The van der Waals surface area contributed by atoms with Crippen LogP contribution >= 0.6 is 50.7 Å². The van der Waals surface area contributed by atoms with Crippen molar-refractivity contribution in [3.8, 4) is 0 Å². The Morgan fingerprint density at radius 3 is 2.24 bits per heavy atom. The molecule has 0 radical (unpaired) electrons. The second-order valence-corrected chi connectivity index (χ2v) is 7.92. The van der Waals surface area contributed by atoms with E-state index in [-0.39, 0.29) is 5.92 Å². The van der Waals surface area contributed by atoms with Gasteiger partial charge in [0.05, 0.1) is 5.84 Å². The first-order chi connectivity index (χ1) is 9.61. The first-order valence-corrected chi connectivity index (χ1v) is 8.00. The van der Waals surface area contributed by atoms with Gasteiger partial charge in [-0.1, -0.05) is 64.6 Å². The van der Waals surface area contributed by atoms with Crippen molar-refractivity contribution in [3.05, 3.63) is 34.3 Å². The number of nitrogens with two attached hydrogens (primary N) is 1. The molecule has 0 aliphatic carbocycles.